The molecule has 0 spiro atoms. The Morgan fingerprint density at radius 3 is 2.50 bits per heavy atom. The third kappa shape index (κ3) is 4.29. The second-order valence-corrected chi connectivity index (χ2v) is 2.45. The van der Waals surface area contributed by atoms with E-state index < -0.39 is 12.0 Å². The van der Waals surface area contributed by atoms with E-state index in [9.17, 15) is 4.79 Å². The van der Waals surface area contributed by atoms with Crippen molar-refractivity contribution in [1.82, 2.24) is 5.32 Å². The van der Waals surface area contributed by atoms with E-state index in [0.717, 1.165) is 0 Å². The predicted molar refractivity (Wildman–Crippen MR) is 38.7 cm³/mol. The van der Waals surface area contributed by atoms with Gasteiger partial charge in [0.05, 0.1) is 0 Å². The summed E-state index contributed by atoms with van der Waals surface area (Å²) >= 11 is 0. The minimum absolute atomic E-state index is 0.00167. The largest absolute Gasteiger partial charge is 0.480 e. The number of hydrogen-bond donors (Lipinski definition) is 3. The van der Waals surface area contributed by atoms with Crippen molar-refractivity contribution in [2.75, 3.05) is 6.54 Å². The first-order valence-corrected chi connectivity index (χ1v) is 3.25. The van der Waals surface area contributed by atoms with Crippen molar-refractivity contribution in [2.45, 2.75) is 25.9 Å². The second kappa shape index (κ2) is 4.24. The maximum Gasteiger partial charge on any atom is 0.320 e. The van der Waals surface area contributed by atoms with Gasteiger partial charge in [0.1, 0.15) is 6.04 Å². The molecule has 0 saturated heterocycles. The van der Waals surface area contributed by atoms with Crippen LogP contribution in [0.25, 0.3) is 0 Å². The maximum absolute atomic E-state index is 10.2. The fourth-order valence-corrected chi connectivity index (χ4v) is 0.450. The lowest BCUT2D eigenvalue weighted by Gasteiger charge is -2.10. The Balaban J connectivity index is 3.40. The number of hydrogen-bond acceptors (Lipinski definition) is 3. The van der Waals surface area contributed by atoms with Crippen molar-refractivity contribution in [3.63, 3.8) is 0 Å². The SMILES string of the molecule is CC(N)CN[C@@H](C)C(=O)O. The Morgan fingerprint density at radius 1 is 1.70 bits per heavy atom. The summed E-state index contributed by atoms with van der Waals surface area (Å²) in [7, 11) is 0. The lowest BCUT2D eigenvalue weighted by atomic mass is 10.3. The van der Waals surface area contributed by atoms with Gasteiger partial charge in [-0.1, -0.05) is 0 Å². The topological polar surface area (TPSA) is 75.3 Å². The van der Waals surface area contributed by atoms with Crippen LogP contribution in [0.3, 0.4) is 0 Å². The average Bonchev–Trinajstić information content (AvgIpc) is 1.82. The number of nitrogens with two attached hydrogens (primary N) is 1. The van der Waals surface area contributed by atoms with E-state index in [-0.39, 0.29) is 6.04 Å². The molecule has 0 aromatic carbocycles. The zero-order chi connectivity index (χ0) is 8.15. The maximum atomic E-state index is 10.2. The summed E-state index contributed by atoms with van der Waals surface area (Å²) in [4.78, 5) is 10.2. The molecule has 4 heteroatoms. The minimum Gasteiger partial charge on any atom is -0.480 e. The molecule has 0 aliphatic heterocycles. The first-order valence-electron chi connectivity index (χ1n) is 3.25. The van der Waals surface area contributed by atoms with E-state index in [1.807, 2.05) is 6.92 Å². The average molecular weight is 146 g/mol. The second-order valence-electron chi connectivity index (χ2n) is 2.45. The van der Waals surface area contributed by atoms with Gasteiger partial charge in [-0.25, -0.2) is 0 Å². The fourth-order valence-electron chi connectivity index (χ4n) is 0.450. The molecule has 10 heavy (non-hydrogen) atoms. The van der Waals surface area contributed by atoms with Crippen LogP contribution in [-0.2, 0) is 4.79 Å². The first kappa shape index (κ1) is 9.39. The summed E-state index contributed by atoms with van der Waals surface area (Å²) in [5.74, 6) is -0.847. The highest BCUT2D eigenvalue weighted by molar-refractivity contribution is 5.72. The summed E-state index contributed by atoms with van der Waals surface area (Å²) in [5.41, 5.74) is 5.39. The van der Waals surface area contributed by atoms with Crippen molar-refractivity contribution in [3.05, 3.63) is 0 Å². The quantitative estimate of drug-likeness (QED) is 0.495. The minimum atomic E-state index is -0.847. The predicted octanol–water partition coefficient (Wildman–Crippen LogP) is -0.604. The molecule has 0 amide bonds. The van der Waals surface area contributed by atoms with E-state index >= 15 is 0 Å². The van der Waals surface area contributed by atoms with Crippen LogP contribution in [0, 0.1) is 0 Å². The van der Waals surface area contributed by atoms with Crippen LogP contribution in [0.1, 0.15) is 13.8 Å². The molecule has 0 aromatic heterocycles. The lowest BCUT2D eigenvalue weighted by Crippen LogP contribution is -2.40. The smallest absolute Gasteiger partial charge is 0.320 e. The molecule has 0 radical (unpaired) electrons. The molecule has 0 aliphatic carbocycles. The van der Waals surface area contributed by atoms with Gasteiger partial charge < -0.3 is 16.2 Å². The Kier molecular flexibility index (Phi) is 3.99. The van der Waals surface area contributed by atoms with Crippen LogP contribution in [-0.4, -0.2) is 29.7 Å². The van der Waals surface area contributed by atoms with Gasteiger partial charge in [0.25, 0.3) is 0 Å². The monoisotopic (exact) mass is 146 g/mol. The standard InChI is InChI=1S/C6H14N2O2/c1-4(7)3-8-5(2)6(9)10/h4-5,8H,3,7H2,1-2H3,(H,9,10)/t4?,5-/m0/s1. The Morgan fingerprint density at radius 2 is 2.20 bits per heavy atom. The molecule has 2 atom stereocenters. The molecule has 1 unspecified atom stereocenters. The molecular weight excluding hydrogens is 132 g/mol. The van der Waals surface area contributed by atoms with Crippen molar-refractivity contribution in [2.24, 2.45) is 5.73 Å². The molecular formula is C6H14N2O2. The first-order chi connectivity index (χ1) is 4.54. The molecule has 60 valence electrons. The highest BCUT2D eigenvalue weighted by Crippen LogP contribution is 1.80. The van der Waals surface area contributed by atoms with Gasteiger partial charge in [0, 0.05) is 12.6 Å². The number of aliphatic carboxylic acids is 1. The van der Waals surface area contributed by atoms with E-state index in [1.54, 1.807) is 6.92 Å². The molecule has 4 N–H and O–H groups in total. The molecule has 0 rings (SSSR count). The van der Waals surface area contributed by atoms with Gasteiger partial charge in [-0.3, -0.25) is 4.79 Å². The normalized spacial score (nSPS) is 16.3. The summed E-state index contributed by atoms with van der Waals surface area (Å²) in [5, 5.41) is 11.1. The summed E-state index contributed by atoms with van der Waals surface area (Å²) < 4.78 is 0. The molecule has 0 heterocycles. The Hall–Kier alpha value is -0.610. The van der Waals surface area contributed by atoms with Gasteiger partial charge in [-0.05, 0) is 13.8 Å². The van der Waals surface area contributed by atoms with Crippen molar-refractivity contribution in [1.29, 1.82) is 0 Å². The van der Waals surface area contributed by atoms with E-state index in [2.05, 4.69) is 5.32 Å². The van der Waals surface area contributed by atoms with Crippen LogP contribution < -0.4 is 11.1 Å². The fraction of sp³-hybridized carbons (Fsp3) is 0.833. The van der Waals surface area contributed by atoms with E-state index in [4.69, 9.17) is 10.8 Å². The third-order valence-electron chi connectivity index (χ3n) is 1.12. The highest BCUT2D eigenvalue weighted by atomic mass is 16.4. The molecule has 0 saturated carbocycles. The van der Waals surface area contributed by atoms with Gasteiger partial charge in [-0.15, -0.1) is 0 Å². The van der Waals surface area contributed by atoms with Crippen molar-refractivity contribution in [3.8, 4) is 0 Å². The third-order valence-corrected chi connectivity index (χ3v) is 1.12. The highest BCUT2D eigenvalue weighted by Gasteiger charge is 2.08. The van der Waals surface area contributed by atoms with Crippen LogP contribution in [0.2, 0.25) is 0 Å². The van der Waals surface area contributed by atoms with Crippen LogP contribution in [0.4, 0.5) is 0 Å². The lowest BCUT2D eigenvalue weighted by molar-refractivity contribution is -0.138. The molecule has 0 bridgehead atoms. The number of rotatable bonds is 4. The van der Waals surface area contributed by atoms with E-state index in [1.165, 1.54) is 0 Å². The number of carboxylic acid groups (broad SMARTS) is 1. The number of nitrogens with one attached hydrogen (secondary N) is 1. The summed E-state index contributed by atoms with van der Waals surface area (Å²) in [6, 6.07) is -0.507. The van der Waals surface area contributed by atoms with Gasteiger partial charge in [0.2, 0.25) is 0 Å². The van der Waals surface area contributed by atoms with Gasteiger partial charge >= 0.3 is 5.97 Å². The van der Waals surface area contributed by atoms with Gasteiger partial charge in [0.15, 0.2) is 0 Å². The number of carbonyl (C=O) groups is 1. The zero-order valence-electron chi connectivity index (χ0n) is 6.29. The van der Waals surface area contributed by atoms with Crippen LogP contribution in [0.15, 0.2) is 0 Å². The summed E-state index contributed by atoms with van der Waals surface area (Å²) in [6.07, 6.45) is 0. The molecule has 4 nitrogen and oxygen atoms in total. The Bertz CT molecular complexity index is 114. The van der Waals surface area contributed by atoms with Crippen molar-refractivity contribution >= 4 is 5.97 Å². The zero-order valence-corrected chi connectivity index (χ0v) is 6.29. The van der Waals surface area contributed by atoms with Crippen LogP contribution >= 0.6 is 0 Å². The molecule has 0 fully saturated rings. The summed E-state index contributed by atoms with van der Waals surface area (Å²) in [6.45, 7) is 3.94. The van der Waals surface area contributed by atoms with E-state index in [0.29, 0.717) is 6.54 Å². The molecule has 0 aromatic rings. The Labute approximate surface area is 60.4 Å². The van der Waals surface area contributed by atoms with Crippen molar-refractivity contribution < 1.29 is 9.90 Å². The van der Waals surface area contributed by atoms with Crippen LogP contribution in [0.5, 0.6) is 0 Å². The molecule has 0 aliphatic rings. The van der Waals surface area contributed by atoms with Gasteiger partial charge in [-0.2, -0.15) is 0 Å². The number of carboxylic acids is 1.